The first-order chi connectivity index (χ1) is 6.78. The minimum atomic E-state index is 0.207. The first-order valence-electron chi connectivity index (χ1n) is 6.08. The van der Waals surface area contributed by atoms with Gasteiger partial charge in [-0.2, -0.15) is 0 Å². The Bertz CT molecular complexity index is 242. The van der Waals surface area contributed by atoms with Crippen LogP contribution in [0.3, 0.4) is 0 Å². The molecule has 14 heavy (non-hydrogen) atoms. The Labute approximate surface area is 87.2 Å². The van der Waals surface area contributed by atoms with Crippen LogP contribution in [0.1, 0.15) is 58.3 Å². The molecule has 1 fully saturated rings. The first kappa shape index (κ1) is 10.2. The lowest BCUT2D eigenvalue weighted by Gasteiger charge is -2.38. The van der Waals surface area contributed by atoms with Crippen LogP contribution in [-0.4, -0.2) is 11.7 Å². The second-order valence-electron chi connectivity index (χ2n) is 5.11. The zero-order valence-electron chi connectivity index (χ0n) is 9.31. The summed E-state index contributed by atoms with van der Waals surface area (Å²) in [5, 5.41) is 9.69. The number of hydrogen-bond donors (Lipinski definition) is 1. The zero-order valence-corrected chi connectivity index (χ0v) is 9.31. The Balaban J connectivity index is 2.33. The minimum Gasteiger partial charge on any atom is -0.395 e. The van der Waals surface area contributed by atoms with Crippen LogP contribution in [-0.2, 0) is 0 Å². The maximum atomic E-state index is 9.69. The van der Waals surface area contributed by atoms with E-state index in [0.717, 1.165) is 0 Å². The van der Waals surface area contributed by atoms with Crippen LogP contribution in [0, 0.1) is 5.41 Å². The topological polar surface area (TPSA) is 20.2 Å². The third-order valence-corrected chi connectivity index (χ3v) is 4.25. The van der Waals surface area contributed by atoms with Crippen LogP contribution in [0.4, 0.5) is 0 Å². The largest absolute Gasteiger partial charge is 0.395 e. The molecular formula is C13H22O. The van der Waals surface area contributed by atoms with Crippen molar-refractivity contribution in [3.8, 4) is 0 Å². The van der Waals surface area contributed by atoms with Crippen molar-refractivity contribution in [2.24, 2.45) is 5.41 Å². The molecule has 0 aromatic rings. The van der Waals surface area contributed by atoms with Crippen molar-refractivity contribution >= 4 is 0 Å². The van der Waals surface area contributed by atoms with Gasteiger partial charge in [-0.3, -0.25) is 0 Å². The van der Waals surface area contributed by atoms with Gasteiger partial charge in [0.2, 0.25) is 0 Å². The highest BCUT2D eigenvalue weighted by atomic mass is 16.3. The van der Waals surface area contributed by atoms with E-state index in [-0.39, 0.29) is 5.41 Å². The van der Waals surface area contributed by atoms with Gasteiger partial charge in [0, 0.05) is 5.41 Å². The van der Waals surface area contributed by atoms with Crippen molar-refractivity contribution in [2.75, 3.05) is 6.61 Å². The lowest BCUT2D eigenvalue weighted by atomic mass is 9.68. The first-order valence-corrected chi connectivity index (χ1v) is 6.08. The van der Waals surface area contributed by atoms with E-state index in [9.17, 15) is 5.11 Å². The summed E-state index contributed by atoms with van der Waals surface area (Å²) in [6, 6.07) is 0. The SMILES string of the molecule is CC1=C2CCCCCC2(CO)CCC1. The molecule has 1 nitrogen and oxygen atoms in total. The van der Waals surface area contributed by atoms with Gasteiger partial charge in [0.1, 0.15) is 0 Å². The Hall–Kier alpha value is -0.300. The molecule has 1 atom stereocenters. The monoisotopic (exact) mass is 194 g/mol. The maximum absolute atomic E-state index is 9.69. The molecule has 1 heteroatoms. The highest BCUT2D eigenvalue weighted by Crippen LogP contribution is 2.48. The van der Waals surface area contributed by atoms with Gasteiger partial charge in [-0.1, -0.05) is 24.0 Å². The third kappa shape index (κ3) is 1.63. The van der Waals surface area contributed by atoms with Crippen molar-refractivity contribution < 1.29 is 5.11 Å². The number of rotatable bonds is 1. The number of allylic oxidation sites excluding steroid dienone is 1. The normalized spacial score (nSPS) is 33.9. The van der Waals surface area contributed by atoms with Crippen molar-refractivity contribution in [3.05, 3.63) is 11.1 Å². The summed E-state index contributed by atoms with van der Waals surface area (Å²) < 4.78 is 0. The molecule has 80 valence electrons. The van der Waals surface area contributed by atoms with Crippen LogP contribution in [0.15, 0.2) is 11.1 Å². The summed E-state index contributed by atoms with van der Waals surface area (Å²) in [7, 11) is 0. The molecular weight excluding hydrogens is 172 g/mol. The van der Waals surface area contributed by atoms with E-state index >= 15 is 0 Å². The Morgan fingerprint density at radius 3 is 2.64 bits per heavy atom. The molecule has 2 rings (SSSR count). The molecule has 0 aliphatic heterocycles. The van der Waals surface area contributed by atoms with Crippen LogP contribution in [0.2, 0.25) is 0 Å². The number of hydrogen-bond acceptors (Lipinski definition) is 1. The summed E-state index contributed by atoms with van der Waals surface area (Å²) >= 11 is 0. The average Bonchev–Trinajstić information content (AvgIpc) is 2.41. The van der Waals surface area contributed by atoms with E-state index in [1.165, 1.54) is 51.4 Å². The van der Waals surface area contributed by atoms with E-state index in [4.69, 9.17) is 0 Å². The van der Waals surface area contributed by atoms with E-state index in [1.807, 2.05) is 0 Å². The Kier molecular flexibility index (Phi) is 2.96. The van der Waals surface area contributed by atoms with E-state index in [2.05, 4.69) is 6.92 Å². The van der Waals surface area contributed by atoms with Crippen LogP contribution >= 0.6 is 0 Å². The lowest BCUT2D eigenvalue weighted by molar-refractivity contribution is 0.128. The average molecular weight is 194 g/mol. The fraction of sp³-hybridized carbons (Fsp3) is 0.846. The Morgan fingerprint density at radius 1 is 1.07 bits per heavy atom. The molecule has 0 amide bonds. The summed E-state index contributed by atoms with van der Waals surface area (Å²) in [6.45, 7) is 2.67. The number of fused-ring (bicyclic) bond motifs is 1. The molecule has 0 spiro atoms. The summed E-state index contributed by atoms with van der Waals surface area (Å²) in [5.41, 5.74) is 3.43. The van der Waals surface area contributed by atoms with Crippen LogP contribution in [0.5, 0.6) is 0 Å². The predicted molar refractivity (Wildman–Crippen MR) is 59.2 cm³/mol. The zero-order chi connectivity index (χ0) is 10.0. The molecule has 0 bridgehead atoms. The predicted octanol–water partition coefficient (Wildman–Crippen LogP) is 3.43. The maximum Gasteiger partial charge on any atom is 0.0524 e. The molecule has 0 aromatic heterocycles. The summed E-state index contributed by atoms with van der Waals surface area (Å²) in [5.74, 6) is 0. The van der Waals surface area contributed by atoms with Gasteiger partial charge < -0.3 is 5.11 Å². The Morgan fingerprint density at radius 2 is 1.86 bits per heavy atom. The minimum absolute atomic E-state index is 0.207. The standard InChI is InChI=1S/C13H22O/c1-11-6-5-9-13(10-14)8-4-2-3-7-12(11)13/h14H,2-10H2,1H3. The summed E-state index contributed by atoms with van der Waals surface area (Å²) in [6.07, 6.45) is 10.3. The van der Waals surface area contributed by atoms with Crippen LogP contribution < -0.4 is 0 Å². The molecule has 1 unspecified atom stereocenters. The highest BCUT2D eigenvalue weighted by molar-refractivity contribution is 5.25. The van der Waals surface area contributed by atoms with Gasteiger partial charge in [-0.05, 0) is 45.4 Å². The second kappa shape index (κ2) is 4.06. The van der Waals surface area contributed by atoms with E-state index in [1.54, 1.807) is 11.1 Å². The third-order valence-electron chi connectivity index (χ3n) is 4.25. The molecule has 2 aliphatic rings. The van der Waals surface area contributed by atoms with E-state index < -0.39 is 0 Å². The van der Waals surface area contributed by atoms with Crippen molar-refractivity contribution in [1.29, 1.82) is 0 Å². The van der Waals surface area contributed by atoms with E-state index in [0.29, 0.717) is 6.61 Å². The van der Waals surface area contributed by atoms with Crippen molar-refractivity contribution in [1.82, 2.24) is 0 Å². The van der Waals surface area contributed by atoms with Gasteiger partial charge >= 0.3 is 0 Å². The highest BCUT2D eigenvalue weighted by Gasteiger charge is 2.37. The van der Waals surface area contributed by atoms with Crippen molar-refractivity contribution in [3.63, 3.8) is 0 Å². The fourth-order valence-corrected chi connectivity index (χ4v) is 3.40. The van der Waals surface area contributed by atoms with Gasteiger partial charge in [0.25, 0.3) is 0 Å². The summed E-state index contributed by atoms with van der Waals surface area (Å²) in [4.78, 5) is 0. The molecule has 0 heterocycles. The molecule has 1 N–H and O–H groups in total. The quantitative estimate of drug-likeness (QED) is 0.634. The molecule has 0 saturated heterocycles. The molecule has 1 saturated carbocycles. The number of aliphatic hydroxyl groups excluding tert-OH is 1. The van der Waals surface area contributed by atoms with Crippen LogP contribution in [0.25, 0.3) is 0 Å². The van der Waals surface area contributed by atoms with Gasteiger partial charge in [-0.25, -0.2) is 0 Å². The number of aliphatic hydroxyl groups is 1. The van der Waals surface area contributed by atoms with Gasteiger partial charge in [0.15, 0.2) is 0 Å². The van der Waals surface area contributed by atoms with Crippen molar-refractivity contribution in [2.45, 2.75) is 58.3 Å². The van der Waals surface area contributed by atoms with Gasteiger partial charge in [-0.15, -0.1) is 0 Å². The second-order valence-corrected chi connectivity index (χ2v) is 5.11. The lowest BCUT2D eigenvalue weighted by Crippen LogP contribution is -2.30. The molecule has 0 radical (unpaired) electrons. The molecule has 2 aliphatic carbocycles. The smallest absolute Gasteiger partial charge is 0.0524 e. The molecule has 0 aromatic carbocycles. The van der Waals surface area contributed by atoms with Gasteiger partial charge in [0.05, 0.1) is 6.61 Å². The fourth-order valence-electron chi connectivity index (χ4n) is 3.40.